The first-order valence-electron chi connectivity index (χ1n) is 8.20. The molecule has 4 saturated carbocycles. The molecule has 1 saturated heterocycles. The van der Waals surface area contributed by atoms with Crippen LogP contribution in [0.25, 0.3) is 0 Å². The second kappa shape index (κ2) is 4.49. The van der Waals surface area contributed by atoms with Crippen molar-refractivity contribution in [1.29, 1.82) is 0 Å². The summed E-state index contributed by atoms with van der Waals surface area (Å²) in [5, 5.41) is 3.52. The van der Waals surface area contributed by atoms with Gasteiger partial charge in [-0.05, 0) is 88.3 Å². The van der Waals surface area contributed by atoms with Gasteiger partial charge in [-0.2, -0.15) is 0 Å². The van der Waals surface area contributed by atoms with E-state index in [0.717, 1.165) is 35.6 Å². The van der Waals surface area contributed by atoms with E-state index in [1.807, 2.05) is 0 Å². The van der Waals surface area contributed by atoms with E-state index in [4.69, 9.17) is 0 Å². The Balaban J connectivity index is 1.44. The average Bonchev–Trinajstić information content (AvgIpc) is 2.80. The van der Waals surface area contributed by atoms with Crippen LogP contribution in [0.1, 0.15) is 38.5 Å². The fourth-order valence-electron chi connectivity index (χ4n) is 6.02. The molecule has 0 aromatic rings. The summed E-state index contributed by atoms with van der Waals surface area (Å²) in [6.45, 7) is 3.86. The van der Waals surface area contributed by atoms with E-state index in [1.54, 1.807) is 32.1 Å². The Labute approximate surface area is 111 Å². The van der Waals surface area contributed by atoms with Crippen molar-refractivity contribution < 1.29 is 0 Å². The lowest BCUT2D eigenvalue weighted by atomic mass is 9.54. The molecular weight excluding hydrogens is 220 g/mol. The first-order chi connectivity index (χ1) is 8.79. The third-order valence-corrected chi connectivity index (χ3v) is 6.39. The van der Waals surface area contributed by atoms with Crippen LogP contribution in [0.15, 0.2) is 0 Å². The van der Waals surface area contributed by atoms with Gasteiger partial charge in [-0.3, -0.25) is 0 Å². The summed E-state index contributed by atoms with van der Waals surface area (Å²) >= 11 is 0. The van der Waals surface area contributed by atoms with Crippen molar-refractivity contribution in [2.45, 2.75) is 44.6 Å². The molecule has 5 aliphatic rings. The third-order valence-electron chi connectivity index (χ3n) is 6.39. The van der Waals surface area contributed by atoms with Gasteiger partial charge in [0.25, 0.3) is 0 Å². The van der Waals surface area contributed by atoms with E-state index >= 15 is 0 Å². The van der Waals surface area contributed by atoms with Crippen LogP contribution in [-0.4, -0.2) is 37.6 Å². The second-order valence-corrected chi connectivity index (χ2v) is 7.72. The molecule has 0 amide bonds. The van der Waals surface area contributed by atoms with Crippen LogP contribution in [0.5, 0.6) is 0 Å². The zero-order valence-corrected chi connectivity index (χ0v) is 11.8. The summed E-state index contributed by atoms with van der Waals surface area (Å²) < 4.78 is 0. The maximum Gasteiger partial charge on any atom is 0.0149 e. The second-order valence-electron chi connectivity index (χ2n) is 7.72. The molecule has 1 unspecified atom stereocenters. The highest BCUT2D eigenvalue weighted by atomic mass is 15.2. The van der Waals surface area contributed by atoms with E-state index in [9.17, 15) is 0 Å². The SMILES string of the molecule is CN(CC1CCNC1)C1C2CC3CC(C2)CC1C3. The topological polar surface area (TPSA) is 15.3 Å². The lowest BCUT2D eigenvalue weighted by Crippen LogP contribution is -2.55. The number of hydrogen-bond acceptors (Lipinski definition) is 2. The Morgan fingerprint density at radius 2 is 1.67 bits per heavy atom. The molecule has 5 fully saturated rings. The van der Waals surface area contributed by atoms with Crippen LogP contribution < -0.4 is 5.32 Å². The molecule has 0 spiro atoms. The van der Waals surface area contributed by atoms with Gasteiger partial charge in [0.15, 0.2) is 0 Å². The molecule has 5 rings (SSSR count). The van der Waals surface area contributed by atoms with Gasteiger partial charge < -0.3 is 10.2 Å². The molecule has 1 heterocycles. The third kappa shape index (κ3) is 1.92. The zero-order valence-electron chi connectivity index (χ0n) is 11.8. The van der Waals surface area contributed by atoms with Crippen molar-refractivity contribution in [1.82, 2.24) is 10.2 Å². The Hall–Kier alpha value is -0.0800. The van der Waals surface area contributed by atoms with Crippen molar-refractivity contribution in [2.24, 2.45) is 29.6 Å². The molecule has 2 heteroatoms. The molecule has 0 radical (unpaired) electrons. The van der Waals surface area contributed by atoms with Gasteiger partial charge in [-0.25, -0.2) is 0 Å². The van der Waals surface area contributed by atoms with E-state index in [2.05, 4.69) is 17.3 Å². The molecule has 1 atom stereocenters. The van der Waals surface area contributed by atoms with Crippen molar-refractivity contribution in [3.05, 3.63) is 0 Å². The number of nitrogens with one attached hydrogen (secondary N) is 1. The summed E-state index contributed by atoms with van der Waals surface area (Å²) in [6, 6.07) is 0.943. The Morgan fingerprint density at radius 3 is 2.22 bits per heavy atom. The van der Waals surface area contributed by atoms with Gasteiger partial charge in [0.05, 0.1) is 0 Å². The molecular formula is C16H28N2. The van der Waals surface area contributed by atoms with E-state index < -0.39 is 0 Å². The van der Waals surface area contributed by atoms with Gasteiger partial charge >= 0.3 is 0 Å². The van der Waals surface area contributed by atoms with Crippen LogP contribution in [0, 0.1) is 29.6 Å². The monoisotopic (exact) mass is 248 g/mol. The lowest BCUT2D eigenvalue weighted by molar-refractivity contribution is -0.0602. The normalized spacial score (nSPS) is 50.3. The fourth-order valence-corrected chi connectivity index (χ4v) is 6.02. The molecule has 102 valence electrons. The molecule has 18 heavy (non-hydrogen) atoms. The van der Waals surface area contributed by atoms with Crippen LogP contribution in [-0.2, 0) is 0 Å². The maximum atomic E-state index is 3.52. The Bertz CT molecular complexity index is 280. The molecule has 1 N–H and O–H groups in total. The minimum atomic E-state index is 0.923. The Morgan fingerprint density at radius 1 is 1.00 bits per heavy atom. The van der Waals surface area contributed by atoms with Crippen LogP contribution in [0.3, 0.4) is 0 Å². The van der Waals surface area contributed by atoms with Gasteiger partial charge in [0.1, 0.15) is 0 Å². The highest BCUT2D eigenvalue weighted by Gasteiger charge is 2.49. The summed E-state index contributed by atoms with van der Waals surface area (Å²) in [5.41, 5.74) is 0. The molecule has 2 nitrogen and oxygen atoms in total. The van der Waals surface area contributed by atoms with E-state index in [-0.39, 0.29) is 0 Å². The first kappa shape index (κ1) is 11.7. The molecule has 0 aromatic carbocycles. The minimum absolute atomic E-state index is 0.923. The van der Waals surface area contributed by atoms with Crippen LogP contribution in [0.4, 0.5) is 0 Å². The number of hydrogen-bond donors (Lipinski definition) is 1. The number of rotatable bonds is 3. The molecule has 1 aliphatic heterocycles. The summed E-state index contributed by atoms with van der Waals surface area (Å²) in [7, 11) is 2.42. The maximum absolute atomic E-state index is 3.52. The summed E-state index contributed by atoms with van der Waals surface area (Å²) in [5.74, 6) is 5.27. The van der Waals surface area contributed by atoms with Crippen LogP contribution in [0.2, 0.25) is 0 Å². The highest BCUT2D eigenvalue weighted by Crippen LogP contribution is 2.55. The molecule has 0 aromatic heterocycles. The van der Waals surface area contributed by atoms with Crippen molar-refractivity contribution >= 4 is 0 Å². The smallest absolute Gasteiger partial charge is 0.0149 e. The van der Waals surface area contributed by atoms with Crippen molar-refractivity contribution in [3.8, 4) is 0 Å². The fraction of sp³-hybridized carbons (Fsp3) is 1.00. The molecule has 4 aliphatic carbocycles. The largest absolute Gasteiger partial charge is 0.316 e. The predicted octanol–water partition coefficient (Wildman–Crippen LogP) is 2.35. The van der Waals surface area contributed by atoms with Gasteiger partial charge in [-0.15, -0.1) is 0 Å². The quantitative estimate of drug-likeness (QED) is 0.825. The van der Waals surface area contributed by atoms with Gasteiger partial charge in [0, 0.05) is 12.6 Å². The van der Waals surface area contributed by atoms with Gasteiger partial charge in [0.2, 0.25) is 0 Å². The standard InChI is InChI=1S/C16H28N2/c1-18(10-11-2-3-17-9-11)16-14-5-12-4-13(7-14)8-15(16)6-12/h11-17H,2-10H2,1H3. The van der Waals surface area contributed by atoms with E-state index in [1.165, 1.54) is 26.1 Å². The van der Waals surface area contributed by atoms with Crippen molar-refractivity contribution in [2.75, 3.05) is 26.7 Å². The lowest BCUT2D eigenvalue weighted by Gasteiger charge is -2.57. The highest BCUT2D eigenvalue weighted by molar-refractivity contribution is 5.02. The molecule has 4 bridgehead atoms. The summed E-state index contributed by atoms with van der Waals surface area (Å²) in [4.78, 5) is 2.77. The summed E-state index contributed by atoms with van der Waals surface area (Å²) in [6.07, 6.45) is 9.22. The van der Waals surface area contributed by atoms with Gasteiger partial charge in [-0.1, -0.05) is 0 Å². The Kier molecular flexibility index (Phi) is 2.92. The minimum Gasteiger partial charge on any atom is -0.316 e. The van der Waals surface area contributed by atoms with Crippen LogP contribution >= 0.6 is 0 Å². The van der Waals surface area contributed by atoms with Crippen molar-refractivity contribution in [3.63, 3.8) is 0 Å². The van der Waals surface area contributed by atoms with E-state index in [0.29, 0.717) is 0 Å². The number of nitrogens with zero attached hydrogens (tertiary/aromatic N) is 1. The predicted molar refractivity (Wildman–Crippen MR) is 74.4 cm³/mol. The first-order valence-corrected chi connectivity index (χ1v) is 8.20. The average molecular weight is 248 g/mol. The zero-order chi connectivity index (χ0) is 12.1.